The standard InChI is InChI=1S/C17H23N3O2S/c1-11(2)18-12-3-4-14-15(9-12)19-16(20-17(14)21)10-23-13-5-7-22-8-6-13/h3-4,9,11,13-14H,5-8,10H2,1-2H3,(H,19,20,21). The highest BCUT2D eigenvalue weighted by atomic mass is 32.2. The number of nitrogens with zero attached hydrogens (tertiary/aromatic N) is 2. The molecule has 1 aliphatic carbocycles. The van der Waals surface area contributed by atoms with Crippen LogP contribution in [-0.2, 0) is 9.53 Å². The number of amidine groups is 1. The molecule has 23 heavy (non-hydrogen) atoms. The van der Waals surface area contributed by atoms with Gasteiger partial charge in [-0.05, 0) is 38.8 Å². The van der Waals surface area contributed by atoms with Crippen molar-refractivity contribution in [3.63, 3.8) is 0 Å². The molecule has 6 heteroatoms. The highest BCUT2D eigenvalue weighted by Crippen LogP contribution is 2.26. The zero-order chi connectivity index (χ0) is 16.2. The molecule has 0 saturated carbocycles. The van der Waals surface area contributed by atoms with Crippen molar-refractivity contribution in [2.24, 2.45) is 15.9 Å². The van der Waals surface area contributed by atoms with Crippen molar-refractivity contribution in [1.82, 2.24) is 5.32 Å². The lowest BCUT2D eigenvalue weighted by molar-refractivity contribution is -0.121. The highest BCUT2D eigenvalue weighted by Gasteiger charge is 2.29. The second kappa shape index (κ2) is 7.45. The summed E-state index contributed by atoms with van der Waals surface area (Å²) >= 11 is 1.86. The molecule has 2 heterocycles. The van der Waals surface area contributed by atoms with E-state index in [-0.39, 0.29) is 17.9 Å². The molecule has 0 bridgehead atoms. The maximum atomic E-state index is 12.3. The summed E-state index contributed by atoms with van der Waals surface area (Å²) in [5.74, 6) is 1.22. The molecular formula is C17H23N3O2S. The summed E-state index contributed by atoms with van der Waals surface area (Å²) in [7, 11) is 0. The Bertz CT molecular complexity index is 587. The van der Waals surface area contributed by atoms with Gasteiger partial charge < -0.3 is 10.1 Å². The van der Waals surface area contributed by atoms with Gasteiger partial charge in [-0.1, -0.05) is 6.08 Å². The molecule has 124 valence electrons. The number of carbonyl (C=O) groups is 1. The average molecular weight is 333 g/mol. The maximum Gasteiger partial charge on any atom is 0.238 e. The van der Waals surface area contributed by atoms with Crippen LogP contribution in [0.5, 0.6) is 0 Å². The third-order valence-electron chi connectivity index (χ3n) is 3.92. The molecule has 1 fully saturated rings. The summed E-state index contributed by atoms with van der Waals surface area (Å²) in [6, 6.07) is 0.230. The minimum atomic E-state index is -0.280. The van der Waals surface area contributed by atoms with Crippen LogP contribution < -0.4 is 5.32 Å². The number of nitrogens with one attached hydrogen (secondary N) is 1. The van der Waals surface area contributed by atoms with Gasteiger partial charge in [-0.3, -0.25) is 9.79 Å². The van der Waals surface area contributed by atoms with Crippen LogP contribution in [0.4, 0.5) is 0 Å². The van der Waals surface area contributed by atoms with Gasteiger partial charge in [-0.15, -0.1) is 0 Å². The normalized spacial score (nSPS) is 26.8. The zero-order valence-corrected chi connectivity index (χ0v) is 14.4. The second-order valence-corrected chi connectivity index (χ2v) is 7.51. The van der Waals surface area contributed by atoms with Crippen molar-refractivity contribution in [2.45, 2.75) is 38.0 Å². The van der Waals surface area contributed by atoms with E-state index in [9.17, 15) is 4.79 Å². The smallest absolute Gasteiger partial charge is 0.238 e. The van der Waals surface area contributed by atoms with Gasteiger partial charge in [0.25, 0.3) is 0 Å². The number of hydrogen-bond donors (Lipinski definition) is 1. The lowest BCUT2D eigenvalue weighted by Gasteiger charge is -2.26. The Hall–Kier alpha value is -1.40. The fraction of sp³-hybridized carbons (Fsp3) is 0.588. The van der Waals surface area contributed by atoms with E-state index in [2.05, 4.69) is 15.3 Å². The lowest BCUT2D eigenvalue weighted by Crippen LogP contribution is -2.42. The van der Waals surface area contributed by atoms with Gasteiger partial charge in [-0.25, -0.2) is 4.99 Å². The number of ether oxygens (including phenoxy) is 1. The molecule has 0 aromatic rings. The third kappa shape index (κ3) is 4.32. The SMILES string of the molecule is CC(C)N=C1C=CC2C(=O)NC(CSC3CCOCC3)=NC2=C1. The molecular weight excluding hydrogens is 310 g/mol. The molecule has 3 aliphatic rings. The number of rotatable bonds is 4. The summed E-state index contributed by atoms with van der Waals surface area (Å²) in [6.07, 6.45) is 7.88. The number of amides is 1. The Morgan fingerprint density at radius 1 is 1.43 bits per heavy atom. The molecule has 0 radical (unpaired) electrons. The van der Waals surface area contributed by atoms with Crippen LogP contribution >= 0.6 is 11.8 Å². The maximum absolute atomic E-state index is 12.3. The Kier molecular flexibility index (Phi) is 5.33. The fourth-order valence-electron chi connectivity index (χ4n) is 2.80. The summed E-state index contributed by atoms with van der Waals surface area (Å²) in [5, 5.41) is 3.53. The lowest BCUT2D eigenvalue weighted by atomic mass is 9.96. The summed E-state index contributed by atoms with van der Waals surface area (Å²) < 4.78 is 5.38. The Balaban J connectivity index is 1.69. The average Bonchev–Trinajstić information content (AvgIpc) is 2.53. The molecule has 1 saturated heterocycles. The van der Waals surface area contributed by atoms with Crippen molar-refractivity contribution in [1.29, 1.82) is 0 Å². The van der Waals surface area contributed by atoms with E-state index in [0.29, 0.717) is 5.25 Å². The van der Waals surface area contributed by atoms with Crippen LogP contribution in [-0.4, -0.2) is 47.7 Å². The van der Waals surface area contributed by atoms with Crippen LogP contribution in [0.1, 0.15) is 26.7 Å². The predicted octanol–water partition coefficient (Wildman–Crippen LogP) is 2.35. The van der Waals surface area contributed by atoms with Crippen LogP contribution in [0.3, 0.4) is 0 Å². The molecule has 1 N–H and O–H groups in total. The van der Waals surface area contributed by atoms with Crippen molar-refractivity contribution in [2.75, 3.05) is 19.0 Å². The summed E-state index contributed by atoms with van der Waals surface area (Å²) in [6.45, 7) is 5.75. The van der Waals surface area contributed by atoms with Crippen LogP contribution in [0.15, 0.2) is 33.9 Å². The number of thioether (sulfide) groups is 1. The Labute approximate surface area is 141 Å². The first-order valence-electron chi connectivity index (χ1n) is 8.17. The first kappa shape index (κ1) is 16.5. The molecule has 1 amide bonds. The molecule has 0 spiro atoms. The van der Waals surface area contributed by atoms with Gasteiger partial charge in [-0.2, -0.15) is 11.8 Å². The third-order valence-corrected chi connectivity index (χ3v) is 5.30. The van der Waals surface area contributed by atoms with E-state index in [0.717, 1.165) is 49.1 Å². The first-order chi connectivity index (χ1) is 11.1. The van der Waals surface area contributed by atoms with E-state index in [1.54, 1.807) is 0 Å². The molecule has 0 aromatic carbocycles. The van der Waals surface area contributed by atoms with Gasteiger partial charge in [0.05, 0.1) is 23.1 Å². The Morgan fingerprint density at radius 2 is 2.22 bits per heavy atom. The summed E-state index contributed by atoms with van der Waals surface area (Å²) in [5.41, 5.74) is 1.69. The fourth-order valence-corrected chi connectivity index (χ4v) is 3.85. The largest absolute Gasteiger partial charge is 0.381 e. The number of allylic oxidation sites excluding steroid dienone is 2. The van der Waals surface area contributed by atoms with Gasteiger partial charge in [0.1, 0.15) is 5.84 Å². The highest BCUT2D eigenvalue weighted by molar-refractivity contribution is 8.00. The molecule has 3 rings (SSSR count). The van der Waals surface area contributed by atoms with Crippen LogP contribution in [0.25, 0.3) is 0 Å². The molecule has 1 unspecified atom stereocenters. The van der Waals surface area contributed by atoms with Crippen LogP contribution in [0.2, 0.25) is 0 Å². The van der Waals surface area contributed by atoms with Crippen molar-refractivity contribution in [3.8, 4) is 0 Å². The minimum Gasteiger partial charge on any atom is -0.381 e. The van der Waals surface area contributed by atoms with Crippen LogP contribution in [0, 0.1) is 5.92 Å². The van der Waals surface area contributed by atoms with E-state index in [1.807, 2.05) is 43.8 Å². The number of hydrogen-bond acceptors (Lipinski definition) is 5. The molecule has 1 atom stereocenters. The molecule has 0 aromatic heterocycles. The van der Waals surface area contributed by atoms with Crippen molar-refractivity contribution < 1.29 is 9.53 Å². The summed E-state index contributed by atoms with van der Waals surface area (Å²) in [4.78, 5) is 21.5. The topological polar surface area (TPSA) is 63.0 Å². The monoisotopic (exact) mass is 333 g/mol. The van der Waals surface area contributed by atoms with E-state index < -0.39 is 0 Å². The van der Waals surface area contributed by atoms with E-state index >= 15 is 0 Å². The minimum absolute atomic E-state index is 0.00803. The predicted molar refractivity (Wildman–Crippen MR) is 95.2 cm³/mol. The zero-order valence-electron chi connectivity index (χ0n) is 13.6. The molecule has 5 nitrogen and oxygen atoms in total. The van der Waals surface area contributed by atoms with Crippen molar-refractivity contribution >= 4 is 29.2 Å². The van der Waals surface area contributed by atoms with E-state index in [4.69, 9.17) is 4.74 Å². The van der Waals surface area contributed by atoms with E-state index in [1.165, 1.54) is 0 Å². The first-order valence-corrected chi connectivity index (χ1v) is 9.22. The number of fused-ring (bicyclic) bond motifs is 1. The number of carbonyl (C=O) groups excluding carboxylic acids is 1. The van der Waals surface area contributed by atoms with Gasteiger partial charge in [0.15, 0.2) is 0 Å². The quantitative estimate of drug-likeness (QED) is 0.859. The van der Waals surface area contributed by atoms with Gasteiger partial charge in [0, 0.05) is 24.5 Å². The Morgan fingerprint density at radius 3 is 2.96 bits per heavy atom. The van der Waals surface area contributed by atoms with Gasteiger partial charge in [0.2, 0.25) is 5.91 Å². The van der Waals surface area contributed by atoms with Gasteiger partial charge >= 0.3 is 0 Å². The second-order valence-electron chi connectivity index (χ2n) is 6.22. The number of aliphatic imine (C=N–C) groups is 2. The van der Waals surface area contributed by atoms with Crippen molar-refractivity contribution in [3.05, 3.63) is 23.9 Å². The molecule has 2 aliphatic heterocycles.